The Kier molecular flexibility index (Phi) is 7.39. The zero-order chi connectivity index (χ0) is 12.6. The molecule has 0 aromatic rings. The van der Waals surface area contributed by atoms with Gasteiger partial charge in [0.15, 0.2) is 0 Å². The van der Waals surface area contributed by atoms with Crippen molar-refractivity contribution in [2.75, 3.05) is 13.2 Å². The third-order valence-corrected chi connectivity index (χ3v) is 3.11. The molecule has 0 unspecified atom stereocenters. The predicted octanol–water partition coefficient (Wildman–Crippen LogP) is 2.34. The molecule has 0 aliphatic carbocycles. The van der Waals surface area contributed by atoms with Gasteiger partial charge in [-0.1, -0.05) is 27.7 Å². The van der Waals surface area contributed by atoms with Gasteiger partial charge in [0.05, 0.1) is 0 Å². The molecule has 0 saturated heterocycles. The average Bonchev–Trinajstić information content (AvgIpc) is 2.25. The molecule has 0 atom stereocenters. The Morgan fingerprint density at radius 2 is 1.88 bits per heavy atom. The van der Waals surface area contributed by atoms with Crippen LogP contribution in [-0.4, -0.2) is 24.2 Å². The molecule has 0 aromatic heterocycles. The predicted molar refractivity (Wildman–Crippen MR) is 67.2 cm³/mol. The van der Waals surface area contributed by atoms with Gasteiger partial charge in [0, 0.05) is 19.1 Å². The van der Waals surface area contributed by atoms with Gasteiger partial charge in [-0.15, -0.1) is 0 Å². The highest BCUT2D eigenvalue weighted by molar-refractivity contribution is 5.78. The zero-order valence-electron chi connectivity index (χ0n) is 11.2. The fourth-order valence-corrected chi connectivity index (χ4v) is 1.78. The first-order valence-electron chi connectivity index (χ1n) is 6.35. The highest BCUT2D eigenvalue weighted by Crippen LogP contribution is 2.21. The van der Waals surface area contributed by atoms with Crippen LogP contribution < -0.4 is 5.32 Å². The van der Waals surface area contributed by atoms with Crippen molar-refractivity contribution in [3.05, 3.63) is 0 Å². The van der Waals surface area contributed by atoms with Gasteiger partial charge in [-0.2, -0.15) is 0 Å². The van der Waals surface area contributed by atoms with Crippen LogP contribution in [0.4, 0.5) is 0 Å². The Hall–Kier alpha value is -0.570. The Labute approximate surface area is 99.6 Å². The summed E-state index contributed by atoms with van der Waals surface area (Å²) in [5.41, 5.74) is 0.0738. The molecule has 16 heavy (non-hydrogen) atoms. The van der Waals surface area contributed by atoms with Crippen molar-refractivity contribution >= 4 is 5.91 Å². The van der Waals surface area contributed by atoms with Gasteiger partial charge < -0.3 is 10.4 Å². The maximum absolute atomic E-state index is 11.8. The van der Waals surface area contributed by atoms with Crippen LogP contribution in [0.3, 0.4) is 0 Å². The Balaban J connectivity index is 3.97. The number of rotatable bonds is 8. The van der Waals surface area contributed by atoms with Crippen molar-refractivity contribution in [3.63, 3.8) is 0 Å². The molecular formula is C13H27NO2. The molecule has 0 spiro atoms. The lowest BCUT2D eigenvalue weighted by Gasteiger charge is -2.25. The first-order valence-corrected chi connectivity index (χ1v) is 6.35. The molecule has 3 heteroatoms. The van der Waals surface area contributed by atoms with Crippen LogP contribution in [-0.2, 0) is 4.79 Å². The monoisotopic (exact) mass is 229 g/mol. The van der Waals surface area contributed by atoms with E-state index in [0.717, 1.165) is 25.7 Å². The molecular weight excluding hydrogens is 202 g/mol. The van der Waals surface area contributed by atoms with Gasteiger partial charge in [-0.3, -0.25) is 4.79 Å². The molecule has 96 valence electrons. The molecule has 0 rings (SSSR count). The van der Waals surface area contributed by atoms with Crippen LogP contribution in [0.2, 0.25) is 0 Å². The number of aliphatic hydroxyl groups excluding tert-OH is 1. The lowest BCUT2D eigenvalue weighted by molar-refractivity contribution is -0.125. The molecule has 0 radical (unpaired) electrons. The smallest absolute Gasteiger partial charge is 0.223 e. The Morgan fingerprint density at radius 1 is 1.31 bits per heavy atom. The summed E-state index contributed by atoms with van der Waals surface area (Å²) in [6.07, 6.45) is 3.54. The SMILES string of the molecule is CCC(CC)C(=O)NCC(C)(C)CCCO. The number of aliphatic hydroxyl groups is 1. The van der Waals surface area contributed by atoms with Crippen LogP contribution >= 0.6 is 0 Å². The fourth-order valence-electron chi connectivity index (χ4n) is 1.78. The van der Waals surface area contributed by atoms with E-state index in [9.17, 15) is 4.79 Å². The second-order valence-corrected chi connectivity index (χ2v) is 5.22. The minimum Gasteiger partial charge on any atom is -0.396 e. The van der Waals surface area contributed by atoms with Gasteiger partial charge in [0.1, 0.15) is 0 Å². The van der Waals surface area contributed by atoms with Gasteiger partial charge >= 0.3 is 0 Å². The average molecular weight is 229 g/mol. The van der Waals surface area contributed by atoms with E-state index in [-0.39, 0.29) is 23.8 Å². The maximum Gasteiger partial charge on any atom is 0.223 e. The van der Waals surface area contributed by atoms with Crippen LogP contribution in [0, 0.1) is 11.3 Å². The minimum absolute atomic E-state index is 0.0738. The molecule has 0 aliphatic rings. The zero-order valence-corrected chi connectivity index (χ0v) is 11.2. The first-order chi connectivity index (χ1) is 7.46. The summed E-state index contributed by atoms with van der Waals surface area (Å²) in [6, 6.07) is 0. The normalized spacial score (nSPS) is 11.9. The maximum atomic E-state index is 11.8. The summed E-state index contributed by atoms with van der Waals surface area (Å²) in [7, 11) is 0. The van der Waals surface area contributed by atoms with Crippen molar-refractivity contribution in [2.24, 2.45) is 11.3 Å². The molecule has 3 nitrogen and oxygen atoms in total. The molecule has 0 bridgehead atoms. The van der Waals surface area contributed by atoms with E-state index in [4.69, 9.17) is 5.11 Å². The summed E-state index contributed by atoms with van der Waals surface area (Å²) in [5, 5.41) is 11.8. The van der Waals surface area contributed by atoms with Crippen LogP contribution in [0.5, 0.6) is 0 Å². The van der Waals surface area contributed by atoms with Crippen molar-refractivity contribution in [2.45, 2.75) is 53.4 Å². The topological polar surface area (TPSA) is 49.3 Å². The lowest BCUT2D eigenvalue weighted by atomic mass is 9.87. The van der Waals surface area contributed by atoms with E-state index in [1.165, 1.54) is 0 Å². The number of hydrogen-bond acceptors (Lipinski definition) is 2. The minimum atomic E-state index is 0.0738. The number of carbonyl (C=O) groups is 1. The third kappa shape index (κ3) is 6.11. The van der Waals surface area contributed by atoms with E-state index < -0.39 is 0 Å². The van der Waals surface area contributed by atoms with E-state index >= 15 is 0 Å². The second kappa shape index (κ2) is 7.66. The molecule has 0 aliphatic heterocycles. The number of carbonyl (C=O) groups excluding carboxylic acids is 1. The molecule has 0 saturated carbocycles. The van der Waals surface area contributed by atoms with Gasteiger partial charge in [0.2, 0.25) is 5.91 Å². The molecule has 2 N–H and O–H groups in total. The summed E-state index contributed by atoms with van der Waals surface area (Å²) in [6.45, 7) is 9.26. The van der Waals surface area contributed by atoms with Crippen molar-refractivity contribution in [1.82, 2.24) is 5.32 Å². The highest BCUT2D eigenvalue weighted by Gasteiger charge is 2.20. The summed E-state index contributed by atoms with van der Waals surface area (Å²) in [4.78, 5) is 11.8. The standard InChI is InChI=1S/C13H27NO2/c1-5-11(6-2)12(16)14-10-13(3,4)8-7-9-15/h11,15H,5-10H2,1-4H3,(H,14,16). The largest absolute Gasteiger partial charge is 0.396 e. The fraction of sp³-hybridized carbons (Fsp3) is 0.923. The van der Waals surface area contributed by atoms with Crippen LogP contribution in [0.15, 0.2) is 0 Å². The van der Waals surface area contributed by atoms with Gasteiger partial charge in [-0.25, -0.2) is 0 Å². The Bertz CT molecular complexity index is 198. The highest BCUT2D eigenvalue weighted by atomic mass is 16.2. The number of nitrogens with one attached hydrogen (secondary N) is 1. The Morgan fingerprint density at radius 3 is 2.31 bits per heavy atom. The summed E-state index contributed by atoms with van der Waals surface area (Å²) >= 11 is 0. The second-order valence-electron chi connectivity index (χ2n) is 5.22. The van der Waals surface area contributed by atoms with Crippen LogP contribution in [0.25, 0.3) is 0 Å². The van der Waals surface area contributed by atoms with Gasteiger partial charge in [-0.05, 0) is 31.1 Å². The molecule has 1 amide bonds. The van der Waals surface area contributed by atoms with Gasteiger partial charge in [0.25, 0.3) is 0 Å². The third-order valence-electron chi connectivity index (χ3n) is 3.11. The summed E-state index contributed by atoms with van der Waals surface area (Å²) < 4.78 is 0. The van der Waals surface area contributed by atoms with Crippen molar-refractivity contribution in [3.8, 4) is 0 Å². The lowest BCUT2D eigenvalue weighted by Crippen LogP contribution is -2.37. The molecule has 0 heterocycles. The number of amides is 1. The molecule has 0 fully saturated rings. The first kappa shape index (κ1) is 15.4. The molecule has 0 aromatic carbocycles. The summed E-state index contributed by atoms with van der Waals surface area (Å²) in [5.74, 6) is 0.315. The van der Waals surface area contributed by atoms with Crippen molar-refractivity contribution in [1.29, 1.82) is 0 Å². The van der Waals surface area contributed by atoms with E-state index in [2.05, 4.69) is 19.2 Å². The van der Waals surface area contributed by atoms with Crippen LogP contribution in [0.1, 0.15) is 53.4 Å². The number of hydrogen-bond donors (Lipinski definition) is 2. The quantitative estimate of drug-likeness (QED) is 0.671. The van der Waals surface area contributed by atoms with E-state index in [0.29, 0.717) is 6.54 Å². The van der Waals surface area contributed by atoms with E-state index in [1.807, 2.05) is 13.8 Å². The van der Waals surface area contributed by atoms with E-state index in [1.54, 1.807) is 0 Å². The van der Waals surface area contributed by atoms with Crippen molar-refractivity contribution < 1.29 is 9.90 Å².